The van der Waals surface area contributed by atoms with E-state index in [1.165, 1.54) is 43.2 Å². The van der Waals surface area contributed by atoms with Gasteiger partial charge in [0.05, 0.1) is 6.04 Å². The summed E-state index contributed by atoms with van der Waals surface area (Å²) in [6.45, 7) is 0.795. The highest BCUT2D eigenvalue weighted by Gasteiger charge is 2.38. The fraction of sp³-hybridized carbons (Fsp3) is 0.632. The van der Waals surface area contributed by atoms with Gasteiger partial charge in [-0.15, -0.1) is 0 Å². The maximum absolute atomic E-state index is 12.5. The lowest BCUT2D eigenvalue weighted by molar-refractivity contribution is -0.122. The third-order valence-electron chi connectivity index (χ3n) is 5.96. The Hall–Kier alpha value is -1.35. The summed E-state index contributed by atoms with van der Waals surface area (Å²) in [4.78, 5) is 12.5. The van der Waals surface area contributed by atoms with Gasteiger partial charge in [-0.25, -0.2) is 0 Å². The molecule has 0 aromatic heterocycles. The van der Waals surface area contributed by atoms with E-state index in [-0.39, 0.29) is 11.9 Å². The fourth-order valence-electron chi connectivity index (χ4n) is 4.73. The summed E-state index contributed by atoms with van der Waals surface area (Å²) in [7, 11) is 0. The van der Waals surface area contributed by atoms with Gasteiger partial charge in [0.25, 0.3) is 0 Å². The number of rotatable bonds is 3. The van der Waals surface area contributed by atoms with E-state index in [4.69, 9.17) is 0 Å². The summed E-state index contributed by atoms with van der Waals surface area (Å²) < 4.78 is 0. The molecule has 0 radical (unpaired) electrons. The van der Waals surface area contributed by atoms with Crippen molar-refractivity contribution in [1.29, 1.82) is 0 Å². The Morgan fingerprint density at radius 1 is 1.18 bits per heavy atom. The predicted molar refractivity (Wildman–Crippen MR) is 87.8 cm³/mol. The van der Waals surface area contributed by atoms with E-state index in [2.05, 4.69) is 34.9 Å². The second-order valence-corrected chi connectivity index (χ2v) is 7.29. The van der Waals surface area contributed by atoms with Gasteiger partial charge in [0.2, 0.25) is 5.91 Å². The monoisotopic (exact) mass is 298 g/mol. The van der Waals surface area contributed by atoms with E-state index < -0.39 is 0 Å². The summed E-state index contributed by atoms with van der Waals surface area (Å²) >= 11 is 0. The lowest BCUT2D eigenvalue weighted by Gasteiger charge is -2.24. The van der Waals surface area contributed by atoms with E-state index in [1.54, 1.807) is 0 Å². The third-order valence-corrected chi connectivity index (χ3v) is 5.96. The van der Waals surface area contributed by atoms with Crippen LogP contribution in [0.1, 0.15) is 55.6 Å². The Bertz CT molecular complexity index is 542. The zero-order valence-electron chi connectivity index (χ0n) is 13.2. The lowest BCUT2D eigenvalue weighted by Crippen LogP contribution is -2.44. The highest BCUT2D eigenvalue weighted by Crippen LogP contribution is 2.34. The molecule has 3 heteroatoms. The van der Waals surface area contributed by atoms with Crippen LogP contribution >= 0.6 is 0 Å². The van der Waals surface area contributed by atoms with Gasteiger partial charge in [-0.2, -0.15) is 0 Å². The third kappa shape index (κ3) is 2.67. The first-order valence-electron chi connectivity index (χ1n) is 8.93. The Balaban J connectivity index is 1.32. The van der Waals surface area contributed by atoms with Gasteiger partial charge in [-0.05, 0) is 49.1 Å². The molecule has 2 fully saturated rings. The zero-order valence-corrected chi connectivity index (χ0v) is 13.2. The smallest absolute Gasteiger partial charge is 0.237 e. The van der Waals surface area contributed by atoms with E-state index in [0.29, 0.717) is 12.0 Å². The van der Waals surface area contributed by atoms with Crippen molar-refractivity contribution in [1.82, 2.24) is 10.6 Å². The molecule has 3 aliphatic rings. The second-order valence-electron chi connectivity index (χ2n) is 7.29. The molecule has 4 unspecified atom stereocenters. The number of benzene rings is 1. The number of fused-ring (bicyclic) bond motifs is 2. The van der Waals surface area contributed by atoms with Crippen molar-refractivity contribution < 1.29 is 4.79 Å². The molecular formula is C19H26N2O. The van der Waals surface area contributed by atoms with E-state index in [1.807, 2.05) is 0 Å². The van der Waals surface area contributed by atoms with Crippen LogP contribution in [0, 0.1) is 5.92 Å². The number of hydrogen-bond acceptors (Lipinski definition) is 2. The van der Waals surface area contributed by atoms with Gasteiger partial charge in [-0.3, -0.25) is 4.79 Å². The number of amides is 1. The van der Waals surface area contributed by atoms with Crippen LogP contribution in [-0.2, 0) is 11.2 Å². The minimum atomic E-state index is 0.0461. The quantitative estimate of drug-likeness (QED) is 0.901. The largest absolute Gasteiger partial charge is 0.354 e. The van der Waals surface area contributed by atoms with Gasteiger partial charge in [0.15, 0.2) is 0 Å². The highest BCUT2D eigenvalue weighted by atomic mass is 16.2. The molecule has 1 amide bonds. The van der Waals surface area contributed by atoms with Gasteiger partial charge < -0.3 is 10.6 Å². The highest BCUT2D eigenvalue weighted by molar-refractivity contribution is 5.82. The van der Waals surface area contributed by atoms with Crippen LogP contribution in [0.2, 0.25) is 0 Å². The minimum absolute atomic E-state index is 0.0461. The summed E-state index contributed by atoms with van der Waals surface area (Å²) in [5, 5.41) is 6.79. The molecule has 118 valence electrons. The Morgan fingerprint density at radius 2 is 2.05 bits per heavy atom. The number of nitrogens with one attached hydrogen (secondary N) is 2. The summed E-state index contributed by atoms with van der Waals surface area (Å²) in [6, 6.07) is 9.31. The van der Waals surface area contributed by atoms with Gasteiger partial charge in [-0.1, -0.05) is 37.1 Å². The van der Waals surface area contributed by atoms with Crippen molar-refractivity contribution >= 4 is 5.91 Å². The van der Waals surface area contributed by atoms with E-state index in [0.717, 1.165) is 25.3 Å². The van der Waals surface area contributed by atoms with Crippen molar-refractivity contribution in [3.05, 3.63) is 35.4 Å². The molecule has 0 bridgehead atoms. The Kier molecular flexibility index (Phi) is 3.91. The van der Waals surface area contributed by atoms with Crippen LogP contribution < -0.4 is 10.6 Å². The number of hydrogen-bond donors (Lipinski definition) is 2. The number of aryl methyl sites for hydroxylation is 1. The Labute approximate surface area is 132 Å². The van der Waals surface area contributed by atoms with Gasteiger partial charge in [0, 0.05) is 18.5 Å². The van der Waals surface area contributed by atoms with E-state index in [9.17, 15) is 4.79 Å². The summed E-state index contributed by atoms with van der Waals surface area (Å²) in [5.74, 6) is 1.46. The average molecular weight is 298 g/mol. The molecule has 22 heavy (non-hydrogen) atoms. The molecule has 1 aromatic carbocycles. The molecule has 2 N–H and O–H groups in total. The molecule has 2 aliphatic carbocycles. The number of carbonyl (C=O) groups is 1. The first kappa shape index (κ1) is 14.3. The maximum Gasteiger partial charge on any atom is 0.237 e. The van der Waals surface area contributed by atoms with Crippen LogP contribution in [0.25, 0.3) is 0 Å². The van der Waals surface area contributed by atoms with Crippen LogP contribution in [0.3, 0.4) is 0 Å². The fourth-order valence-corrected chi connectivity index (χ4v) is 4.73. The predicted octanol–water partition coefficient (Wildman–Crippen LogP) is 2.75. The van der Waals surface area contributed by atoms with Crippen LogP contribution in [0.5, 0.6) is 0 Å². The first-order valence-corrected chi connectivity index (χ1v) is 8.93. The van der Waals surface area contributed by atoms with Gasteiger partial charge in [0.1, 0.15) is 0 Å². The molecule has 1 saturated carbocycles. The average Bonchev–Trinajstić information content (AvgIpc) is 3.16. The molecule has 0 spiro atoms. The van der Waals surface area contributed by atoms with Gasteiger partial charge >= 0.3 is 0 Å². The molecule has 4 rings (SSSR count). The summed E-state index contributed by atoms with van der Waals surface area (Å²) in [6.07, 6.45) is 8.59. The van der Waals surface area contributed by atoms with Crippen molar-refractivity contribution in [2.45, 2.75) is 62.9 Å². The molecular weight excluding hydrogens is 272 g/mol. The molecule has 4 atom stereocenters. The van der Waals surface area contributed by atoms with Crippen molar-refractivity contribution in [2.24, 2.45) is 5.92 Å². The minimum Gasteiger partial charge on any atom is -0.354 e. The zero-order chi connectivity index (χ0) is 14.9. The Morgan fingerprint density at radius 3 is 2.95 bits per heavy atom. The maximum atomic E-state index is 12.5. The second kappa shape index (κ2) is 6.04. The van der Waals surface area contributed by atoms with E-state index >= 15 is 0 Å². The first-order chi connectivity index (χ1) is 10.8. The van der Waals surface area contributed by atoms with Crippen molar-refractivity contribution in [3.8, 4) is 0 Å². The summed E-state index contributed by atoms with van der Waals surface area (Å²) in [5.41, 5.74) is 2.91. The molecule has 1 aromatic rings. The normalized spacial score (nSPS) is 33.3. The lowest BCUT2D eigenvalue weighted by atomic mass is 9.85. The topological polar surface area (TPSA) is 41.1 Å². The van der Waals surface area contributed by atoms with Crippen molar-refractivity contribution in [2.75, 3.05) is 6.54 Å². The van der Waals surface area contributed by atoms with Crippen molar-refractivity contribution in [3.63, 3.8) is 0 Å². The molecule has 3 nitrogen and oxygen atoms in total. The van der Waals surface area contributed by atoms with Crippen LogP contribution in [0.4, 0.5) is 0 Å². The standard InChI is InChI=1S/C19H26N2O/c22-19(18-11-14-6-2-4-8-17(14)21-18)20-12-15-10-9-13-5-1-3-7-16(13)15/h1,3,5,7,14-15,17-18,21H,2,4,6,8-12H2,(H,20,22). The van der Waals surface area contributed by atoms with Crippen LogP contribution in [-0.4, -0.2) is 24.5 Å². The SMILES string of the molecule is O=C(NCC1CCc2ccccc21)C1CC2CCCCC2N1. The molecule has 1 saturated heterocycles. The van der Waals surface area contributed by atoms with Crippen LogP contribution in [0.15, 0.2) is 24.3 Å². The number of carbonyl (C=O) groups excluding carboxylic acids is 1. The molecule has 1 heterocycles. The molecule has 1 aliphatic heterocycles.